The van der Waals surface area contributed by atoms with E-state index in [9.17, 15) is 0 Å². The van der Waals surface area contributed by atoms with Gasteiger partial charge in [-0.2, -0.15) is 0 Å². The molecule has 94 valence electrons. The van der Waals surface area contributed by atoms with Crippen LogP contribution in [0.5, 0.6) is 0 Å². The molecule has 0 spiro atoms. The number of hydrogen-bond donors (Lipinski definition) is 1. The first-order valence-electron chi connectivity index (χ1n) is 6.18. The summed E-state index contributed by atoms with van der Waals surface area (Å²) >= 11 is 1.66. The molecule has 1 atom stereocenters. The Hall–Kier alpha value is -0.810. The zero-order valence-electron chi connectivity index (χ0n) is 10.5. The summed E-state index contributed by atoms with van der Waals surface area (Å²) < 4.78 is 0. The second-order valence-electron chi connectivity index (χ2n) is 4.20. The first kappa shape index (κ1) is 12.6. The molecule has 2 heterocycles. The molecule has 0 aromatic carbocycles. The highest BCUT2D eigenvalue weighted by atomic mass is 32.2. The number of nitrogens with zero attached hydrogens (tertiary/aromatic N) is 3. The molecule has 1 saturated heterocycles. The van der Waals surface area contributed by atoms with E-state index in [1.165, 1.54) is 12.8 Å². The molecule has 1 fully saturated rings. The molecule has 0 radical (unpaired) electrons. The summed E-state index contributed by atoms with van der Waals surface area (Å²) in [7, 11) is 0. The van der Waals surface area contributed by atoms with Gasteiger partial charge in [-0.25, -0.2) is 9.97 Å². The van der Waals surface area contributed by atoms with Crippen molar-refractivity contribution in [2.24, 2.45) is 0 Å². The molecule has 4 nitrogen and oxygen atoms in total. The van der Waals surface area contributed by atoms with Gasteiger partial charge in [0.1, 0.15) is 17.2 Å². The minimum Gasteiger partial charge on any atom is -0.353 e. The Morgan fingerprint density at radius 3 is 3.06 bits per heavy atom. The van der Waals surface area contributed by atoms with Crippen molar-refractivity contribution in [1.29, 1.82) is 0 Å². The molecule has 0 aliphatic carbocycles. The molecule has 5 heteroatoms. The van der Waals surface area contributed by atoms with Crippen molar-refractivity contribution >= 4 is 17.6 Å². The van der Waals surface area contributed by atoms with Gasteiger partial charge in [0.2, 0.25) is 0 Å². The quantitative estimate of drug-likeness (QED) is 0.653. The average Bonchev–Trinajstić information content (AvgIpc) is 2.41. The van der Waals surface area contributed by atoms with Gasteiger partial charge in [-0.3, -0.25) is 0 Å². The van der Waals surface area contributed by atoms with Crippen LogP contribution in [0, 0.1) is 0 Å². The topological polar surface area (TPSA) is 41.1 Å². The third kappa shape index (κ3) is 3.10. The van der Waals surface area contributed by atoms with Crippen molar-refractivity contribution < 1.29 is 0 Å². The monoisotopic (exact) mass is 252 g/mol. The Morgan fingerprint density at radius 2 is 2.41 bits per heavy atom. The number of nitrogens with one attached hydrogen (secondary N) is 1. The van der Waals surface area contributed by atoms with Crippen LogP contribution in [-0.4, -0.2) is 41.9 Å². The van der Waals surface area contributed by atoms with Crippen LogP contribution in [-0.2, 0) is 0 Å². The fourth-order valence-electron chi connectivity index (χ4n) is 2.31. The predicted octanol–water partition coefficient (Wildman–Crippen LogP) is 1.78. The molecule has 1 aromatic heterocycles. The zero-order valence-corrected chi connectivity index (χ0v) is 11.3. The number of rotatable bonds is 4. The van der Waals surface area contributed by atoms with E-state index in [1.807, 2.05) is 6.26 Å². The summed E-state index contributed by atoms with van der Waals surface area (Å²) in [4.78, 5) is 11.0. The Kier molecular flexibility index (Phi) is 4.62. The molecule has 0 bridgehead atoms. The van der Waals surface area contributed by atoms with Crippen molar-refractivity contribution in [3.8, 4) is 0 Å². The van der Waals surface area contributed by atoms with Crippen molar-refractivity contribution in [2.75, 3.05) is 30.8 Å². The molecule has 0 amide bonds. The van der Waals surface area contributed by atoms with E-state index in [2.05, 4.69) is 33.2 Å². The highest BCUT2D eigenvalue weighted by Gasteiger charge is 2.20. The Labute approximate surface area is 107 Å². The first-order chi connectivity index (χ1) is 8.35. The van der Waals surface area contributed by atoms with Gasteiger partial charge in [0, 0.05) is 25.2 Å². The normalized spacial score (nSPS) is 20.2. The van der Waals surface area contributed by atoms with Crippen molar-refractivity contribution in [3.63, 3.8) is 0 Å². The maximum absolute atomic E-state index is 4.41. The Balaban J connectivity index is 2.15. The van der Waals surface area contributed by atoms with Crippen LogP contribution in [0.1, 0.15) is 19.8 Å². The van der Waals surface area contributed by atoms with Crippen LogP contribution >= 0.6 is 11.8 Å². The van der Waals surface area contributed by atoms with Gasteiger partial charge in [0.15, 0.2) is 0 Å². The van der Waals surface area contributed by atoms with Crippen LogP contribution in [0.2, 0.25) is 0 Å². The summed E-state index contributed by atoms with van der Waals surface area (Å²) in [5.41, 5.74) is 0. The average molecular weight is 252 g/mol. The SMILES string of the molecule is CCN(c1cc(SC)ncn1)C1CCCNC1. The summed E-state index contributed by atoms with van der Waals surface area (Å²) in [6.45, 7) is 5.40. The van der Waals surface area contributed by atoms with Crippen LogP contribution < -0.4 is 10.2 Å². The second-order valence-corrected chi connectivity index (χ2v) is 5.03. The van der Waals surface area contributed by atoms with E-state index in [1.54, 1.807) is 18.1 Å². The number of hydrogen-bond acceptors (Lipinski definition) is 5. The number of anilines is 1. The van der Waals surface area contributed by atoms with Crippen molar-refractivity contribution in [1.82, 2.24) is 15.3 Å². The molecule has 17 heavy (non-hydrogen) atoms. The van der Waals surface area contributed by atoms with E-state index < -0.39 is 0 Å². The van der Waals surface area contributed by atoms with Crippen LogP contribution in [0.25, 0.3) is 0 Å². The molecule has 1 aromatic rings. The summed E-state index contributed by atoms with van der Waals surface area (Å²) in [5, 5.41) is 4.50. The zero-order chi connectivity index (χ0) is 12.1. The molecule has 2 rings (SSSR count). The third-order valence-corrected chi connectivity index (χ3v) is 3.82. The Bertz CT molecular complexity index is 352. The number of aromatic nitrogens is 2. The van der Waals surface area contributed by atoms with Gasteiger partial charge in [0.05, 0.1) is 0 Å². The highest BCUT2D eigenvalue weighted by Crippen LogP contribution is 2.21. The van der Waals surface area contributed by atoms with Gasteiger partial charge >= 0.3 is 0 Å². The number of thioether (sulfide) groups is 1. The summed E-state index contributed by atoms with van der Waals surface area (Å²) in [6, 6.07) is 2.65. The maximum Gasteiger partial charge on any atom is 0.133 e. The molecular weight excluding hydrogens is 232 g/mol. The van der Waals surface area contributed by atoms with Crippen molar-refractivity contribution in [2.45, 2.75) is 30.8 Å². The predicted molar refractivity (Wildman–Crippen MR) is 72.7 cm³/mol. The second kappa shape index (κ2) is 6.21. The molecule has 0 saturated carbocycles. The van der Waals surface area contributed by atoms with E-state index >= 15 is 0 Å². The van der Waals surface area contributed by atoms with E-state index in [4.69, 9.17) is 0 Å². The minimum atomic E-state index is 0.568. The van der Waals surface area contributed by atoms with E-state index in [0.29, 0.717) is 6.04 Å². The molecule has 1 N–H and O–H groups in total. The molecule has 1 aliphatic rings. The van der Waals surface area contributed by atoms with Gasteiger partial charge in [-0.15, -0.1) is 11.8 Å². The van der Waals surface area contributed by atoms with Crippen LogP contribution in [0.15, 0.2) is 17.4 Å². The van der Waals surface area contributed by atoms with Gasteiger partial charge < -0.3 is 10.2 Å². The Morgan fingerprint density at radius 1 is 1.53 bits per heavy atom. The summed E-state index contributed by atoms with van der Waals surface area (Å²) in [6.07, 6.45) is 6.21. The lowest BCUT2D eigenvalue weighted by Gasteiger charge is -2.34. The minimum absolute atomic E-state index is 0.568. The third-order valence-electron chi connectivity index (χ3n) is 3.18. The first-order valence-corrected chi connectivity index (χ1v) is 7.41. The van der Waals surface area contributed by atoms with Gasteiger partial charge in [-0.05, 0) is 32.6 Å². The smallest absolute Gasteiger partial charge is 0.133 e. The molecule has 1 unspecified atom stereocenters. The molecular formula is C12H20N4S. The number of piperidine rings is 1. The van der Waals surface area contributed by atoms with E-state index in [0.717, 1.165) is 30.5 Å². The standard InChI is InChI=1S/C12H20N4S/c1-3-16(10-5-4-6-13-8-10)11-7-12(17-2)15-9-14-11/h7,9-10,13H,3-6,8H2,1-2H3. The number of likely N-dealkylation sites (N-methyl/N-ethyl adjacent to an activating group) is 1. The van der Waals surface area contributed by atoms with E-state index in [-0.39, 0.29) is 0 Å². The highest BCUT2D eigenvalue weighted by molar-refractivity contribution is 7.98. The van der Waals surface area contributed by atoms with Gasteiger partial charge in [-0.1, -0.05) is 0 Å². The van der Waals surface area contributed by atoms with Crippen LogP contribution in [0.3, 0.4) is 0 Å². The fourth-order valence-corrected chi connectivity index (χ4v) is 2.68. The van der Waals surface area contributed by atoms with Crippen molar-refractivity contribution in [3.05, 3.63) is 12.4 Å². The maximum atomic E-state index is 4.41. The lowest BCUT2D eigenvalue weighted by atomic mass is 10.1. The fraction of sp³-hybridized carbons (Fsp3) is 0.667. The van der Waals surface area contributed by atoms with Crippen LogP contribution in [0.4, 0.5) is 5.82 Å². The lowest BCUT2D eigenvalue weighted by molar-refractivity contribution is 0.433. The lowest BCUT2D eigenvalue weighted by Crippen LogP contribution is -2.46. The molecule has 1 aliphatic heterocycles. The summed E-state index contributed by atoms with van der Waals surface area (Å²) in [5.74, 6) is 1.06. The van der Waals surface area contributed by atoms with Gasteiger partial charge in [0.25, 0.3) is 0 Å². The largest absolute Gasteiger partial charge is 0.353 e.